The van der Waals surface area contributed by atoms with E-state index in [0.29, 0.717) is 27.2 Å². The molecule has 0 radical (unpaired) electrons. The van der Waals surface area contributed by atoms with Crippen molar-refractivity contribution in [2.24, 2.45) is 0 Å². The van der Waals surface area contributed by atoms with Crippen LogP contribution in [0.15, 0.2) is 42.5 Å². The van der Waals surface area contributed by atoms with Gasteiger partial charge in [-0.15, -0.1) is 0 Å². The summed E-state index contributed by atoms with van der Waals surface area (Å²) in [5.74, 6) is -0.900. The third-order valence-electron chi connectivity index (χ3n) is 4.85. The van der Waals surface area contributed by atoms with Gasteiger partial charge in [-0.2, -0.15) is 0 Å². The third-order valence-corrected chi connectivity index (χ3v) is 6.98. The van der Waals surface area contributed by atoms with Crippen LogP contribution < -0.4 is 9.62 Å². The fourth-order valence-electron chi connectivity index (χ4n) is 3.03. The number of nitrogens with zero attached hydrogens (tertiary/aromatic N) is 2. The first-order chi connectivity index (χ1) is 15.4. The number of halogens is 3. The lowest BCUT2D eigenvalue weighted by Gasteiger charge is -2.31. The van der Waals surface area contributed by atoms with E-state index in [0.717, 1.165) is 17.0 Å². The van der Waals surface area contributed by atoms with Crippen molar-refractivity contribution >= 4 is 62.3 Å². The average molecular weight is 535 g/mol. The molecule has 1 N–H and O–H groups in total. The predicted octanol–water partition coefficient (Wildman–Crippen LogP) is 4.36. The average Bonchev–Trinajstić information content (AvgIpc) is 2.75. The molecule has 11 heteroatoms. The molecule has 7 nitrogen and oxygen atoms in total. The van der Waals surface area contributed by atoms with Gasteiger partial charge >= 0.3 is 0 Å². The molecule has 2 rings (SSSR count). The number of amides is 2. The van der Waals surface area contributed by atoms with Crippen LogP contribution >= 0.6 is 34.8 Å². The Bertz CT molecular complexity index is 1090. The molecule has 2 amide bonds. The van der Waals surface area contributed by atoms with Crippen LogP contribution in [0.25, 0.3) is 0 Å². The second kappa shape index (κ2) is 11.9. The minimum Gasteiger partial charge on any atom is -0.354 e. The lowest BCUT2D eigenvalue weighted by Crippen LogP contribution is -2.51. The summed E-state index contributed by atoms with van der Waals surface area (Å²) in [6, 6.07) is 10.1. The molecule has 1 atom stereocenters. The number of anilines is 1. The van der Waals surface area contributed by atoms with Gasteiger partial charge in [-0.3, -0.25) is 13.9 Å². The number of rotatable bonds is 10. The van der Waals surface area contributed by atoms with Gasteiger partial charge in [0.2, 0.25) is 21.8 Å². The van der Waals surface area contributed by atoms with Crippen molar-refractivity contribution in [2.75, 3.05) is 23.7 Å². The lowest BCUT2D eigenvalue weighted by atomic mass is 10.1. The Kier molecular flexibility index (Phi) is 9.84. The molecule has 0 aliphatic heterocycles. The summed E-state index contributed by atoms with van der Waals surface area (Å²) in [5.41, 5.74) is 0.929. The molecule has 0 saturated heterocycles. The minimum absolute atomic E-state index is 0.0364. The Hall–Kier alpha value is -2.00. The molecule has 2 aromatic carbocycles. The summed E-state index contributed by atoms with van der Waals surface area (Å²) in [4.78, 5) is 27.3. The van der Waals surface area contributed by atoms with Crippen molar-refractivity contribution in [2.45, 2.75) is 32.9 Å². The number of nitrogens with one attached hydrogen (secondary N) is 1. The Morgan fingerprint density at radius 1 is 1.03 bits per heavy atom. The molecule has 0 heterocycles. The number of hydrogen-bond acceptors (Lipinski definition) is 4. The number of hydrogen-bond donors (Lipinski definition) is 1. The number of carbonyl (C=O) groups is 2. The summed E-state index contributed by atoms with van der Waals surface area (Å²) in [6.07, 6.45) is 1.74. The minimum atomic E-state index is -3.80. The van der Waals surface area contributed by atoms with Gasteiger partial charge in [-0.1, -0.05) is 47.8 Å². The van der Waals surface area contributed by atoms with Gasteiger partial charge in [0, 0.05) is 18.1 Å². The topological polar surface area (TPSA) is 86.8 Å². The largest absolute Gasteiger partial charge is 0.354 e. The van der Waals surface area contributed by atoms with Crippen LogP contribution in [0.4, 0.5) is 5.69 Å². The fraction of sp³-hybridized carbons (Fsp3) is 0.364. The molecule has 0 bridgehead atoms. The van der Waals surface area contributed by atoms with Crippen LogP contribution in [-0.2, 0) is 26.2 Å². The Morgan fingerprint density at radius 2 is 1.67 bits per heavy atom. The Labute approximate surface area is 209 Å². The van der Waals surface area contributed by atoms with Gasteiger partial charge in [0.1, 0.15) is 12.6 Å². The second-order valence-electron chi connectivity index (χ2n) is 7.48. The van der Waals surface area contributed by atoms with Gasteiger partial charge in [0.15, 0.2) is 0 Å². The molecular formula is C22H26Cl3N3O4S. The van der Waals surface area contributed by atoms with Crippen LogP contribution in [0.2, 0.25) is 15.1 Å². The summed E-state index contributed by atoms with van der Waals surface area (Å²) in [6.45, 7) is 3.51. The van der Waals surface area contributed by atoms with E-state index in [2.05, 4.69) is 5.32 Å². The number of carbonyl (C=O) groups excluding carboxylic acids is 2. The van der Waals surface area contributed by atoms with Crippen molar-refractivity contribution < 1.29 is 18.0 Å². The third kappa shape index (κ3) is 7.78. The maximum absolute atomic E-state index is 13.4. The fourth-order valence-corrected chi connectivity index (χ4v) is 4.33. The van der Waals surface area contributed by atoms with E-state index in [-0.39, 0.29) is 18.1 Å². The molecule has 0 fully saturated rings. The number of sulfonamides is 1. The molecule has 0 aromatic heterocycles. The van der Waals surface area contributed by atoms with Gasteiger partial charge in [-0.25, -0.2) is 8.42 Å². The van der Waals surface area contributed by atoms with E-state index in [1.165, 1.54) is 29.2 Å². The molecule has 0 spiro atoms. The van der Waals surface area contributed by atoms with Gasteiger partial charge in [0.25, 0.3) is 0 Å². The van der Waals surface area contributed by atoms with E-state index in [1.54, 1.807) is 25.1 Å². The first kappa shape index (κ1) is 27.2. The molecule has 33 heavy (non-hydrogen) atoms. The highest BCUT2D eigenvalue weighted by molar-refractivity contribution is 7.92. The monoisotopic (exact) mass is 533 g/mol. The van der Waals surface area contributed by atoms with Crippen molar-refractivity contribution in [3.63, 3.8) is 0 Å². The maximum atomic E-state index is 13.4. The predicted molar refractivity (Wildman–Crippen MR) is 133 cm³/mol. The van der Waals surface area contributed by atoms with Crippen LogP contribution in [0.5, 0.6) is 0 Å². The molecule has 180 valence electrons. The molecule has 0 aliphatic carbocycles. The van der Waals surface area contributed by atoms with E-state index in [4.69, 9.17) is 34.8 Å². The highest BCUT2D eigenvalue weighted by atomic mass is 35.5. The van der Waals surface area contributed by atoms with E-state index in [9.17, 15) is 18.0 Å². The van der Waals surface area contributed by atoms with Gasteiger partial charge in [0.05, 0.1) is 22.0 Å². The first-order valence-corrected chi connectivity index (χ1v) is 13.2. The van der Waals surface area contributed by atoms with E-state index in [1.807, 2.05) is 6.92 Å². The van der Waals surface area contributed by atoms with Gasteiger partial charge in [-0.05, 0) is 55.3 Å². The van der Waals surface area contributed by atoms with E-state index >= 15 is 0 Å². The normalized spacial score (nSPS) is 12.2. The second-order valence-corrected chi connectivity index (χ2v) is 10.6. The van der Waals surface area contributed by atoms with Crippen LogP contribution in [0.1, 0.15) is 25.8 Å². The van der Waals surface area contributed by atoms with Crippen molar-refractivity contribution in [3.05, 3.63) is 63.1 Å². The Balaban J connectivity index is 2.38. The van der Waals surface area contributed by atoms with Crippen LogP contribution in [-0.4, -0.2) is 50.5 Å². The molecule has 2 aromatic rings. The molecular weight excluding hydrogens is 509 g/mol. The van der Waals surface area contributed by atoms with Crippen LogP contribution in [0, 0.1) is 0 Å². The summed E-state index contributed by atoms with van der Waals surface area (Å²) in [5, 5.41) is 3.87. The zero-order chi connectivity index (χ0) is 24.8. The standard InChI is InChI=1S/C22H26Cl3N3O4S/c1-4-11-26-22(30)15(2)27(13-16-5-10-19(24)20(25)12-16)21(29)14-28(33(3,31)32)18-8-6-17(23)7-9-18/h5-10,12,15H,4,11,13-14H2,1-3H3,(H,26,30). The highest BCUT2D eigenvalue weighted by Gasteiger charge is 2.30. The quantitative estimate of drug-likeness (QED) is 0.491. The molecule has 0 saturated carbocycles. The van der Waals surface area contributed by atoms with Crippen molar-refractivity contribution in [1.29, 1.82) is 0 Å². The molecule has 0 aliphatic rings. The highest BCUT2D eigenvalue weighted by Crippen LogP contribution is 2.25. The van der Waals surface area contributed by atoms with Crippen molar-refractivity contribution in [1.82, 2.24) is 10.2 Å². The van der Waals surface area contributed by atoms with Crippen LogP contribution in [0.3, 0.4) is 0 Å². The van der Waals surface area contributed by atoms with Gasteiger partial charge < -0.3 is 10.2 Å². The molecule has 1 unspecified atom stereocenters. The van der Waals surface area contributed by atoms with E-state index < -0.39 is 28.5 Å². The maximum Gasteiger partial charge on any atom is 0.244 e. The summed E-state index contributed by atoms with van der Waals surface area (Å²) in [7, 11) is -3.80. The summed E-state index contributed by atoms with van der Waals surface area (Å²) < 4.78 is 25.9. The van der Waals surface area contributed by atoms with Crippen molar-refractivity contribution in [3.8, 4) is 0 Å². The lowest BCUT2D eigenvalue weighted by molar-refractivity contribution is -0.139. The zero-order valence-electron chi connectivity index (χ0n) is 18.5. The SMILES string of the molecule is CCCNC(=O)C(C)N(Cc1ccc(Cl)c(Cl)c1)C(=O)CN(c1ccc(Cl)cc1)S(C)(=O)=O. The number of benzene rings is 2. The smallest absolute Gasteiger partial charge is 0.244 e. The summed E-state index contributed by atoms with van der Waals surface area (Å²) >= 11 is 18.0. The zero-order valence-corrected chi connectivity index (χ0v) is 21.6. The Morgan fingerprint density at radius 3 is 2.21 bits per heavy atom. The first-order valence-electron chi connectivity index (χ1n) is 10.2.